The lowest BCUT2D eigenvalue weighted by molar-refractivity contribution is 0.669. The van der Waals surface area contributed by atoms with Crippen LogP contribution >= 0.6 is 11.3 Å². The molecule has 3 aromatic heterocycles. The lowest BCUT2D eigenvalue weighted by Gasteiger charge is -2.11. The minimum Gasteiger partial charge on any atom is -0.456 e. The third-order valence-electron chi connectivity index (χ3n) is 10.5. The van der Waals surface area contributed by atoms with Crippen LogP contribution in [0.2, 0.25) is 0 Å². The van der Waals surface area contributed by atoms with Crippen LogP contribution in [-0.4, -0.2) is 15.0 Å². The maximum absolute atomic E-state index is 6.29. The summed E-state index contributed by atoms with van der Waals surface area (Å²) in [5.74, 6) is 1.90. The summed E-state index contributed by atoms with van der Waals surface area (Å²) in [7, 11) is 0. The first kappa shape index (κ1) is 32.2. The van der Waals surface area contributed by atoms with E-state index in [1.54, 1.807) is 11.3 Å². The first-order valence-corrected chi connectivity index (χ1v) is 19.5. The molecule has 5 heteroatoms. The van der Waals surface area contributed by atoms with Gasteiger partial charge in [0.1, 0.15) is 11.2 Å². The summed E-state index contributed by atoms with van der Waals surface area (Å²) in [6, 6.07) is 65.6. The molecule has 0 unspecified atom stereocenters. The fourth-order valence-electron chi connectivity index (χ4n) is 7.89. The minimum absolute atomic E-state index is 0.632. The van der Waals surface area contributed by atoms with Crippen molar-refractivity contribution in [3.8, 4) is 67.5 Å². The number of nitrogens with zero attached hydrogens (tertiary/aromatic N) is 3. The summed E-state index contributed by atoms with van der Waals surface area (Å²) in [6.07, 6.45) is 0. The van der Waals surface area contributed by atoms with E-state index in [-0.39, 0.29) is 0 Å². The van der Waals surface area contributed by atoms with Crippen molar-refractivity contribution in [1.82, 2.24) is 15.0 Å². The zero-order valence-electron chi connectivity index (χ0n) is 30.1. The van der Waals surface area contributed by atoms with Gasteiger partial charge in [0.25, 0.3) is 0 Å². The van der Waals surface area contributed by atoms with Crippen molar-refractivity contribution in [2.45, 2.75) is 0 Å². The Kier molecular flexibility index (Phi) is 7.64. The number of hydrogen-bond donors (Lipinski definition) is 0. The van der Waals surface area contributed by atoms with Crippen molar-refractivity contribution in [2.24, 2.45) is 0 Å². The van der Waals surface area contributed by atoms with Crippen molar-refractivity contribution < 1.29 is 4.42 Å². The van der Waals surface area contributed by atoms with Crippen molar-refractivity contribution in [3.63, 3.8) is 0 Å². The van der Waals surface area contributed by atoms with Gasteiger partial charge in [-0.25, -0.2) is 15.0 Å². The molecule has 0 amide bonds. The molecule has 8 aromatic carbocycles. The van der Waals surface area contributed by atoms with Crippen LogP contribution in [0, 0.1) is 0 Å². The van der Waals surface area contributed by atoms with Gasteiger partial charge in [-0.05, 0) is 69.8 Å². The van der Waals surface area contributed by atoms with Crippen LogP contribution in [0.5, 0.6) is 0 Å². The van der Waals surface area contributed by atoms with Gasteiger partial charge >= 0.3 is 0 Å². The molecule has 0 aliphatic heterocycles. The highest BCUT2D eigenvalue weighted by Gasteiger charge is 2.19. The van der Waals surface area contributed by atoms with Gasteiger partial charge in [-0.15, -0.1) is 11.3 Å². The standard InChI is InChI=1S/C51H31N3OS/c1-3-13-32(14-4-1)34-17-9-19-36(29-34)49-52-50(37-20-10-18-35(30-37)33-15-5-2-6-16-33)54-51(53-49)38-27-28-42-46(31-38)56-45-26-12-23-40(48(42)45)39-22-11-25-44-47(39)41-21-7-8-24-43(41)55-44/h1-31H. The number of thiophene rings is 1. The average Bonchev–Trinajstić information content (AvgIpc) is 3.85. The minimum atomic E-state index is 0.632. The van der Waals surface area contributed by atoms with Crippen LogP contribution in [0.4, 0.5) is 0 Å². The molecular weight excluding hydrogens is 703 g/mol. The van der Waals surface area contributed by atoms with Crippen molar-refractivity contribution >= 4 is 53.4 Å². The molecule has 4 nitrogen and oxygen atoms in total. The first-order valence-electron chi connectivity index (χ1n) is 18.7. The topological polar surface area (TPSA) is 51.8 Å². The summed E-state index contributed by atoms with van der Waals surface area (Å²) < 4.78 is 8.69. The summed E-state index contributed by atoms with van der Waals surface area (Å²) in [5, 5.41) is 4.71. The Hall–Kier alpha value is -7.21. The Morgan fingerprint density at radius 2 is 0.821 bits per heavy atom. The molecule has 0 atom stereocenters. The Morgan fingerprint density at radius 1 is 0.321 bits per heavy atom. The predicted molar refractivity (Wildman–Crippen MR) is 233 cm³/mol. The summed E-state index contributed by atoms with van der Waals surface area (Å²) in [5.41, 5.74) is 11.5. The number of aromatic nitrogens is 3. The second kappa shape index (κ2) is 13.3. The van der Waals surface area contributed by atoms with Gasteiger partial charge in [-0.1, -0.05) is 152 Å². The van der Waals surface area contributed by atoms with E-state index in [9.17, 15) is 0 Å². The molecule has 0 fully saturated rings. The SMILES string of the molecule is c1ccc(-c2cccc(-c3nc(-c4cccc(-c5ccccc5)c4)nc(-c4ccc5c(c4)sc4cccc(-c6cccc7oc8ccccc8c67)c45)n3)c2)cc1. The molecular formula is C51H31N3OS. The van der Waals surface area contributed by atoms with Crippen molar-refractivity contribution in [3.05, 3.63) is 188 Å². The quantitative estimate of drug-likeness (QED) is 0.171. The van der Waals surface area contributed by atoms with Crippen LogP contribution in [0.3, 0.4) is 0 Å². The Balaban J connectivity index is 1.08. The number of benzene rings is 8. The maximum Gasteiger partial charge on any atom is 0.164 e. The molecule has 0 aliphatic carbocycles. The van der Waals surface area contributed by atoms with Gasteiger partial charge < -0.3 is 4.42 Å². The Labute approximate surface area is 327 Å². The average molecular weight is 734 g/mol. The predicted octanol–water partition coefficient (Wildman–Crippen LogP) is 14.1. The molecule has 0 saturated carbocycles. The number of para-hydroxylation sites is 1. The third-order valence-corrected chi connectivity index (χ3v) is 11.7. The van der Waals surface area contributed by atoms with Gasteiger partial charge in [-0.3, -0.25) is 0 Å². The second-order valence-corrected chi connectivity index (χ2v) is 15.1. The molecule has 56 heavy (non-hydrogen) atoms. The van der Waals surface area contributed by atoms with E-state index < -0.39 is 0 Å². The zero-order valence-corrected chi connectivity index (χ0v) is 30.9. The fourth-order valence-corrected chi connectivity index (χ4v) is 9.06. The lowest BCUT2D eigenvalue weighted by Crippen LogP contribution is -2.00. The molecule has 0 saturated heterocycles. The third kappa shape index (κ3) is 5.56. The largest absolute Gasteiger partial charge is 0.456 e. The van der Waals surface area contributed by atoms with E-state index in [0.717, 1.165) is 60.9 Å². The second-order valence-electron chi connectivity index (χ2n) is 14.0. The highest BCUT2D eigenvalue weighted by molar-refractivity contribution is 7.26. The van der Waals surface area contributed by atoms with Crippen LogP contribution < -0.4 is 0 Å². The van der Waals surface area contributed by atoms with Crippen LogP contribution in [0.1, 0.15) is 0 Å². The van der Waals surface area contributed by atoms with Gasteiger partial charge in [0.2, 0.25) is 0 Å². The zero-order chi connectivity index (χ0) is 37.0. The number of furan rings is 1. The maximum atomic E-state index is 6.29. The molecule has 262 valence electrons. The monoisotopic (exact) mass is 733 g/mol. The summed E-state index contributed by atoms with van der Waals surface area (Å²) in [4.78, 5) is 15.5. The fraction of sp³-hybridized carbons (Fsp3) is 0. The Bertz CT molecular complexity index is 3160. The molecule has 11 aromatic rings. The Morgan fingerprint density at radius 3 is 1.48 bits per heavy atom. The highest BCUT2D eigenvalue weighted by Crippen LogP contribution is 2.45. The van der Waals surface area contributed by atoms with Crippen molar-refractivity contribution in [2.75, 3.05) is 0 Å². The summed E-state index contributed by atoms with van der Waals surface area (Å²) >= 11 is 1.80. The van der Waals surface area contributed by atoms with Crippen molar-refractivity contribution in [1.29, 1.82) is 0 Å². The molecule has 0 radical (unpaired) electrons. The number of rotatable bonds is 6. The molecule has 11 rings (SSSR count). The van der Waals surface area contributed by atoms with Gasteiger partial charge in [0.05, 0.1) is 0 Å². The van der Waals surface area contributed by atoms with E-state index in [2.05, 4.69) is 164 Å². The summed E-state index contributed by atoms with van der Waals surface area (Å²) in [6.45, 7) is 0. The normalized spacial score (nSPS) is 11.6. The van der Waals surface area contributed by atoms with Gasteiger partial charge in [0, 0.05) is 47.6 Å². The molecule has 0 bridgehead atoms. The molecule has 3 heterocycles. The number of hydrogen-bond acceptors (Lipinski definition) is 5. The lowest BCUT2D eigenvalue weighted by atomic mass is 9.95. The van der Waals surface area contributed by atoms with E-state index in [0.29, 0.717) is 17.5 Å². The van der Waals surface area contributed by atoms with Crippen LogP contribution in [0.15, 0.2) is 192 Å². The van der Waals surface area contributed by atoms with E-state index in [4.69, 9.17) is 19.4 Å². The van der Waals surface area contributed by atoms with Crippen LogP contribution in [0.25, 0.3) is 110 Å². The number of fused-ring (bicyclic) bond motifs is 6. The van der Waals surface area contributed by atoms with E-state index >= 15 is 0 Å². The smallest absolute Gasteiger partial charge is 0.164 e. The molecule has 0 aliphatic rings. The highest BCUT2D eigenvalue weighted by atomic mass is 32.1. The molecule has 0 spiro atoms. The first-order chi connectivity index (χ1) is 27.7. The van der Waals surface area contributed by atoms with E-state index in [1.807, 2.05) is 24.3 Å². The van der Waals surface area contributed by atoms with Gasteiger partial charge in [-0.2, -0.15) is 0 Å². The van der Waals surface area contributed by atoms with Crippen LogP contribution in [-0.2, 0) is 0 Å². The van der Waals surface area contributed by atoms with Gasteiger partial charge in [0.15, 0.2) is 17.5 Å². The van der Waals surface area contributed by atoms with E-state index in [1.165, 1.54) is 31.3 Å². The molecule has 0 N–H and O–H groups in total.